The van der Waals surface area contributed by atoms with Gasteiger partial charge in [0, 0.05) is 17.8 Å². The number of anilines is 1. The number of phenols is 2. The first kappa shape index (κ1) is 13.9. The summed E-state index contributed by atoms with van der Waals surface area (Å²) in [5, 5.41) is 18.8. The third kappa shape index (κ3) is 2.59. The lowest BCUT2D eigenvalue weighted by Gasteiger charge is -2.23. The van der Waals surface area contributed by atoms with Gasteiger partial charge in [-0.15, -0.1) is 0 Å². The van der Waals surface area contributed by atoms with E-state index in [0.29, 0.717) is 12.1 Å². The van der Waals surface area contributed by atoms with Gasteiger partial charge in [0.1, 0.15) is 0 Å². The number of hydrogen-bond donors (Lipinski definition) is 2. The van der Waals surface area contributed by atoms with Gasteiger partial charge in [0.25, 0.3) is 5.91 Å². The fourth-order valence-corrected chi connectivity index (χ4v) is 2.10. The number of amides is 1. The molecule has 0 saturated carbocycles. The molecule has 0 spiro atoms. The van der Waals surface area contributed by atoms with E-state index in [0.717, 1.165) is 11.3 Å². The molecule has 0 fully saturated rings. The molecule has 0 radical (unpaired) electrons. The van der Waals surface area contributed by atoms with Crippen molar-refractivity contribution < 1.29 is 15.0 Å². The van der Waals surface area contributed by atoms with Gasteiger partial charge in [-0.2, -0.15) is 0 Å². The molecule has 1 amide bonds. The van der Waals surface area contributed by atoms with Crippen LogP contribution in [-0.4, -0.2) is 22.7 Å². The molecule has 0 aromatic heterocycles. The molecule has 0 saturated heterocycles. The minimum atomic E-state index is -0.295. The van der Waals surface area contributed by atoms with Crippen molar-refractivity contribution in [3.8, 4) is 11.5 Å². The van der Waals surface area contributed by atoms with Gasteiger partial charge in [-0.05, 0) is 43.7 Å². The zero-order valence-electron chi connectivity index (χ0n) is 11.5. The Labute approximate surface area is 117 Å². The highest BCUT2D eigenvalue weighted by molar-refractivity contribution is 6.06. The van der Waals surface area contributed by atoms with Crippen molar-refractivity contribution in [1.82, 2.24) is 0 Å². The highest BCUT2D eigenvalue weighted by Gasteiger charge is 2.18. The number of para-hydroxylation sites is 1. The number of carbonyl (C=O) groups is 1. The van der Waals surface area contributed by atoms with Gasteiger partial charge < -0.3 is 15.1 Å². The summed E-state index contributed by atoms with van der Waals surface area (Å²) < 4.78 is 0. The summed E-state index contributed by atoms with van der Waals surface area (Å²) in [5.74, 6) is -0.741. The third-order valence-electron chi connectivity index (χ3n) is 3.19. The fourth-order valence-electron chi connectivity index (χ4n) is 2.10. The van der Waals surface area contributed by atoms with Gasteiger partial charge in [0.05, 0.1) is 0 Å². The lowest BCUT2D eigenvalue weighted by molar-refractivity contribution is 0.0987. The van der Waals surface area contributed by atoms with Crippen LogP contribution in [0.15, 0.2) is 42.5 Å². The largest absolute Gasteiger partial charge is 0.504 e. The number of aromatic hydroxyl groups is 2. The van der Waals surface area contributed by atoms with Crippen LogP contribution >= 0.6 is 0 Å². The predicted molar refractivity (Wildman–Crippen MR) is 78.3 cm³/mol. The summed E-state index contributed by atoms with van der Waals surface area (Å²) in [7, 11) is 0. The molecule has 104 valence electrons. The number of nitrogens with zero attached hydrogens (tertiary/aromatic N) is 1. The first-order valence-electron chi connectivity index (χ1n) is 6.44. The van der Waals surface area contributed by atoms with Crippen LogP contribution in [0.3, 0.4) is 0 Å². The summed E-state index contributed by atoms with van der Waals surface area (Å²) in [6.45, 7) is 4.36. The highest BCUT2D eigenvalue weighted by atomic mass is 16.3. The number of hydrogen-bond acceptors (Lipinski definition) is 3. The van der Waals surface area contributed by atoms with E-state index in [-0.39, 0.29) is 17.4 Å². The molecule has 2 N–H and O–H groups in total. The molecule has 0 aliphatic carbocycles. The molecule has 2 aromatic carbocycles. The molecule has 0 aliphatic rings. The first-order chi connectivity index (χ1) is 9.54. The maximum Gasteiger partial charge on any atom is 0.258 e. The molecule has 2 aromatic rings. The van der Waals surface area contributed by atoms with Crippen LogP contribution in [0.25, 0.3) is 0 Å². The number of aryl methyl sites for hydroxylation is 1. The summed E-state index contributed by atoms with van der Waals surface area (Å²) in [6, 6.07) is 11.7. The van der Waals surface area contributed by atoms with Crippen molar-refractivity contribution in [2.75, 3.05) is 11.4 Å². The zero-order valence-corrected chi connectivity index (χ0v) is 11.5. The number of carbonyl (C=O) groups excluding carboxylic acids is 1. The summed E-state index contributed by atoms with van der Waals surface area (Å²) >= 11 is 0. The van der Waals surface area contributed by atoms with E-state index in [2.05, 4.69) is 0 Å². The van der Waals surface area contributed by atoms with Crippen molar-refractivity contribution in [2.45, 2.75) is 13.8 Å². The maximum absolute atomic E-state index is 12.5. The normalized spacial score (nSPS) is 10.3. The molecule has 2 rings (SSSR count). The quantitative estimate of drug-likeness (QED) is 0.843. The van der Waals surface area contributed by atoms with Crippen LogP contribution in [0.1, 0.15) is 22.8 Å². The molecule has 0 heterocycles. The molecular formula is C16H17NO3. The van der Waals surface area contributed by atoms with Crippen LogP contribution in [0.2, 0.25) is 0 Å². The molecule has 0 bridgehead atoms. The van der Waals surface area contributed by atoms with Crippen LogP contribution in [0.5, 0.6) is 11.5 Å². The zero-order chi connectivity index (χ0) is 14.7. The Bertz CT molecular complexity index is 637. The lowest BCUT2D eigenvalue weighted by Crippen LogP contribution is -2.31. The summed E-state index contributed by atoms with van der Waals surface area (Å²) in [5.41, 5.74) is 2.18. The van der Waals surface area contributed by atoms with Gasteiger partial charge in [0.2, 0.25) is 0 Å². The van der Waals surface area contributed by atoms with Gasteiger partial charge in [-0.25, -0.2) is 0 Å². The second-order valence-electron chi connectivity index (χ2n) is 4.54. The van der Waals surface area contributed by atoms with Crippen molar-refractivity contribution >= 4 is 11.6 Å². The molecule has 0 unspecified atom stereocenters. The molecule has 4 nitrogen and oxygen atoms in total. The van der Waals surface area contributed by atoms with E-state index in [4.69, 9.17) is 0 Å². The number of phenolic OH excluding ortho intramolecular Hbond substituents is 2. The van der Waals surface area contributed by atoms with Crippen LogP contribution in [-0.2, 0) is 0 Å². The number of benzene rings is 2. The smallest absolute Gasteiger partial charge is 0.258 e. The van der Waals surface area contributed by atoms with Gasteiger partial charge >= 0.3 is 0 Å². The van der Waals surface area contributed by atoms with Gasteiger partial charge in [0.15, 0.2) is 11.5 Å². The SMILES string of the molecule is CCN(C(=O)c1ccc(O)c(O)c1)c1ccccc1C. The molecule has 20 heavy (non-hydrogen) atoms. The Morgan fingerprint density at radius 1 is 1.10 bits per heavy atom. The molecular weight excluding hydrogens is 254 g/mol. The Balaban J connectivity index is 2.39. The Morgan fingerprint density at radius 3 is 2.40 bits per heavy atom. The van der Waals surface area contributed by atoms with E-state index < -0.39 is 0 Å². The number of rotatable bonds is 3. The van der Waals surface area contributed by atoms with Gasteiger partial charge in [-0.1, -0.05) is 18.2 Å². The highest BCUT2D eigenvalue weighted by Crippen LogP contribution is 2.27. The van der Waals surface area contributed by atoms with E-state index in [1.165, 1.54) is 18.2 Å². The minimum Gasteiger partial charge on any atom is -0.504 e. The summed E-state index contributed by atoms with van der Waals surface area (Å²) in [4.78, 5) is 14.2. The van der Waals surface area contributed by atoms with Crippen molar-refractivity contribution in [3.63, 3.8) is 0 Å². The average Bonchev–Trinajstić information content (AvgIpc) is 2.44. The second kappa shape index (κ2) is 5.65. The predicted octanol–water partition coefficient (Wildman–Crippen LogP) is 3.07. The van der Waals surface area contributed by atoms with Crippen LogP contribution in [0.4, 0.5) is 5.69 Å². The van der Waals surface area contributed by atoms with E-state index in [1.807, 2.05) is 38.1 Å². The Morgan fingerprint density at radius 2 is 1.80 bits per heavy atom. The van der Waals surface area contributed by atoms with Crippen LogP contribution < -0.4 is 4.90 Å². The topological polar surface area (TPSA) is 60.8 Å². The third-order valence-corrected chi connectivity index (χ3v) is 3.19. The van der Waals surface area contributed by atoms with Crippen LogP contribution in [0, 0.1) is 6.92 Å². The van der Waals surface area contributed by atoms with Crippen molar-refractivity contribution in [3.05, 3.63) is 53.6 Å². The standard InChI is InChI=1S/C16H17NO3/c1-3-17(13-7-5-4-6-11(13)2)16(20)12-8-9-14(18)15(19)10-12/h4-10,18-19H,3H2,1-2H3. The average molecular weight is 271 g/mol. The summed E-state index contributed by atoms with van der Waals surface area (Å²) in [6.07, 6.45) is 0. The molecule has 0 aliphatic heterocycles. The van der Waals surface area contributed by atoms with E-state index in [9.17, 15) is 15.0 Å². The van der Waals surface area contributed by atoms with Crippen molar-refractivity contribution in [1.29, 1.82) is 0 Å². The Hall–Kier alpha value is -2.49. The second-order valence-corrected chi connectivity index (χ2v) is 4.54. The van der Waals surface area contributed by atoms with Gasteiger partial charge in [-0.3, -0.25) is 4.79 Å². The molecule has 4 heteroatoms. The van der Waals surface area contributed by atoms with Crippen molar-refractivity contribution in [2.24, 2.45) is 0 Å². The fraction of sp³-hybridized carbons (Fsp3) is 0.188. The molecule has 0 atom stereocenters. The monoisotopic (exact) mass is 271 g/mol. The lowest BCUT2D eigenvalue weighted by atomic mass is 10.1. The Kier molecular flexibility index (Phi) is 3.94. The van der Waals surface area contributed by atoms with E-state index >= 15 is 0 Å². The van der Waals surface area contributed by atoms with E-state index in [1.54, 1.807) is 4.90 Å². The minimum absolute atomic E-state index is 0.211. The maximum atomic E-state index is 12.5. The first-order valence-corrected chi connectivity index (χ1v) is 6.44.